The molecule has 11 heteroatoms. The van der Waals surface area contributed by atoms with Crippen molar-refractivity contribution in [3.05, 3.63) is 59.9 Å². The Morgan fingerprint density at radius 3 is 1.60 bits per heavy atom. The average Bonchev–Trinajstić information content (AvgIpc) is 3.78. The van der Waals surface area contributed by atoms with Crippen LogP contribution in [0.1, 0.15) is 100 Å². The first-order valence-electron chi connectivity index (χ1n) is 20.8. The van der Waals surface area contributed by atoms with Crippen molar-refractivity contribution in [1.82, 2.24) is 30.0 Å². The zero-order valence-electron chi connectivity index (χ0n) is 33.6. The van der Waals surface area contributed by atoms with Crippen LogP contribution in [-0.4, -0.2) is 120 Å². The van der Waals surface area contributed by atoms with Gasteiger partial charge in [-0.3, -0.25) is 9.59 Å². The van der Waals surface area contributed by atoms with Gasteiger partial charge >= 0.3 is 0 Å². The lowest BCUT2D eigenvalue weighted by Gasteiger charge is -2.34. The Bertz CT molecular complexity index is 1870. The van der Waals surface area contributed by atoms with Gasteiger partial charge in [-0.25, -0.2) is 0 Å². The lowest BCUT2D eigenvalue weighted by atomic mass is 10.1. The molecule has 11 nitrogen and oxygen atoms in total. The van der Waals surface area contributed by atoms with Crippen LogP contribution in [0.2, 0.25) is 0 Å². The first kappa shape index (κ1) is 39.2. The topological polar surface area (TPSA) is 115 Å². The maximum absolute atomic E-state index is 12.9. The van der Waals surface area contributed by atoms with Crippen molar-refractivity contribution in [3.8, 4) is 11.5 Å². The van der Waals surface area contributed by atoms with E-state index in [9.17, 15) is 9.59 Å². The molecule has 4 fully saturated rings. The van der Waals surface area contributed by atoms with Gasteiger partial charge < -0.3 is 44.2 Å². The van der Waals surface area contributed by atoms with Crippen molar-refractivity contribution in [1.29, 1.82) is 0 Å². The first-order chi connectivity index (χ1) is 26.6. The van der Waals surface area contributed by atoms with Crippen LogP contribution in [-0.2, 0) is 4.74 Å². The van der Waals surface area contributed by atoms with Gasteiger partial charge in [-0.2, -0.15) is 0 Å². The van der Waals surface area contributed by atoms with E-state index in [1.165, 1.54) is 12.8 Å². The number of benzene rings is 2. The molecule has 1 aliphatic carbocycles. The van der Waals surface area contributed by atoms with E-state index in [-0.39, 0.29) is 30.1 Å². The van der Waals surface area contributed by atoms with E-state index in [1.807, 2.05) is 47.4 Å². The Hall–Kier alpha value is -4.06. The summed E-state index contributed by atoms with van der Waals surface area (Å²) >= 11 is 0. The number of aromatic amines is 2. The molecule has 4 aromatic rings. The summed E-state index contributed by atoms with van der Waals surface area (Å²) in [6, 6.07) is 17.2. The minimum absolute atomic E-state index is 0.0170. The lowest BCUT2D eigenvalue weighted by molar-refractivity contribution is 0.0348. The van der Waals surface area contributed by atoms with E-state index in [2.05, 4.69) is 58.8 Å². The Labute approximate surface area is 326 Å². The van der Waals surface area contributed by atoms with Crippen LogP contribution in [0.25, 0.3) is 21.8 Å². The molecule has 3 aliphatic heterocycles. The summed E-state index contributed by atoms with van der Waals surface area (Å²) in [5.74, 6) is 2.52. The van der Waals surface area contributed by atoms with E-state index in [1.54, 1.807) is 7.11 Å². The molecule has 0 radical (unpaired) electrons. The van der Waals surface area contributed by atoms with Crippen molar-refractivity contribution in [2.24, 2.45) is 5.92 Å². The van der Waals surface area contributed by atoms with Gasteiger partial charge in [0.25, 0.3) is 11.8 Å². The van der Waals surface area contributed by atoms with Crippen LogP contribution >= 0.6 is 0 Å². The monoisotopic (exact) mass is 754 g/mol. The normalized spacial score (nSPS) is 19.6. The third-order valence-electron chi connectivity index (χ3n) is 12.0. The van der Waals surface area contributed by atoms with Crippen LogP contribution in [0, 0.1) is 5.92 Å². The molecule has 55 heavy (non-hydrogen) atoms. The highest BCUT2D eigenvalue weighted by molar-refractivity contribution is 5.99. The number of nitrogens with zero attached hydrogens (tertiary/aromatic N) is 3. The molecule has 2 aromatic heterocycles. The van der Waals surface area contributed by atoms with Crippen molar-refractivity contribution >= 4 is 33.6 Å². The van der Waals surface area contributed by atoms with Gasteiger partial charge in [0, 0.05) is 86.8 Å². The number of nitrogens with one attached hydrogen (secondary N) is 3. The fourth-order valence-electron chi connectivity index (χ4n) is 8.13. The molecule has 2 amide bonds. The molecule has 5 heterocycles. The molecule has 2 aromatic carbocycles. The number of rotatable bonds is 11. The van der Waals surface area contributed by atoms with Gasteiger partial charge in [0.05, 0.1) is 6.10 Å². The maximum Gasteiger partial charge on any atom is 0.270 e. The predicted octanol–water partition coefficient (Wildman–Crippen LogP) is 7.23. The summed E-state index contributed by atoms with van der Waals surface area (Å²) in [5.41, 5.74) is 3.23. The second-order valence-corrected chi connectivity index (χ2v) is 16.6. The molecule has 1 saturated carbocycles. The summed E-state index contributed by atoms with van der Waals surface area (Å²) in [6.07, 6.45) is 9.35. The number of H-pyrrole nitrogens is 2. The number of hydrogen-bond acceptors (Lipinski definition) is 7. The molecule has 0 unspecified atom stereocenters. The number of methoxy groups -OCH3 is 1. The summed E-state index contributed by atoms with van der Waals surface area (Å²) in [5, 5.41) is 5.06. The van der Waals surface area contributed by atoms with Gasteiger partial charge in [-0.1, -0.05) is 0 Å². The molecule has 0 atom stereocenters. The molecule has 0 spiro atoms. The highest BCUT2D eigenvalue weighted by Crippen LogP contribution is 2.29. The summed E-state index contributed by atoms with van der Waals surface area (Å²) in [6.45, 7) is 15.7. The van der Waals surface area contributed by atoms with Gasteiger partial charge in [0.15, 0.2) is 0 Å². The predicted molar refractivity (Wildman–Crippen MR) is 218 cm³/mol. The van der Waals surface area contributed by atoms with Crippen LogP contribution < -0.4 is 14.8 Å². The van der Waals surface area contributed by atoms with Gasteiger partial charge in [-0.05, 0) is 134 Å². The van der Waals surface area contributed by atoms with Crippen LogP contribution in [0.15, 0.2) is 48.5 Å². The molecule has 4 aliphatic rings. The minimum Gasteiger partial charge on any atom is -0.490 e. The minimum atomic E-state index is -0.0170. The molecular weight excluding hydrogens is 693 g/mol. The fourth-order valence-corrected chi connectivity index (χ4v) is 8.13. The van der Waals surface area contributed by atoms with Crippen LogP contribution in [0.3, 0.4) is 0 Å². The number of carbonyl (C=O) groups excluding carboxylic acids is 2. The number of amides is 2. The van der Waals surface area contributed by atoms with Crippen molar-refractivity contribution < 1.29 is 23.8 Å². The van der Waals surface area contributed by atoms with Crippen LogP contribution in [0.5, 0.6) is 11.5 Å². The second kappa shape index (κ2) is 17.8. The average molecular weight is 755 g/mol. The van der Waals surface area contributed by atoms with E-state index in [0.717, 1.165) is 118 Å². The third kappa shape index (κ3) is 10.2. The van der Waals surface area contributed by atoms with E-state index in [4.69, 9.17) is 14.2 Å². The van der Waals surface area contributed by atoms with Crippen molar-refractivity contribution in [3.63, 3.8) is 0 Å². The van der Waals surface area contributed by atoms with E-state index < -0.39 is 0 Å². The highest BCUT2D eigenvalue weighted by atomic mass is 16.5. The number of aromatic nitrogens is 2. The largest absolute Gasteiger partial charge is 0.490 e. The fraction of sp³-hybridized carbons (Fsp3) is 0.591. The first-order valence-corrected chi connectivity index (χ1v) is 20.8. The number of carbonyl (C=O) groups is 2. The number of hydrogen-bond donors (Lipinski definition) is 3. The Morgan fingerprint density at radius 1 is 0.655 bits per heavy atom. The smallest absolute Gasteiger partial charge is 0.270 e. The molecule has 298 valence electrons. The summed E-state index contributed by atoms with van der Waals surface area (Å²) in [7, 11) is 1.74. The summed E-state index contributed by atoms with van der Waals surface area (Å²) < 4.78 is 17.9. The second-order valence-electron chi connectivity index (χ2n) is 16.6. The van der Waals surface area contributed by atoms with E-state index >= 15 is 0 Å². The number of likely N-dealkylation sites (tertiary alicyclic amines) is 3. The number of ether oxygens (including phenoxy) is 3. The van der Waals surface area contributed by atoms with E-state index in [0.29, 0.717) is 29.4 Å². The third-order valence-corrected chi connectivity index (χ3v) is 12.0. The van der Waals surface area contributed by atoms with Gasteiger partial charge in [-0.15, -0.1) is 0 Å². The zero-order valence-corrected chi connectivity index (χ0v) is 33.6. The van der Waals surface area contributed by atoms with Crippen LogP contribution in [0.4, 0.5) is 0 Å². The van der Waals surface area contributed by atoms with Gasteiger partial charge in [0.1, 0.15) is 35.1 Å². The molecule has 3 N–H and O–H groups in total. The molecule has 8 rings (SSSR count). The molecule has 3 saturated heterocycles. The SMILES string of the molecule is CC(C)N1CCC(Oc2ccc3[nH]c(C(=O)NCC4CC4)cc3c2)CC1.COC1CCN(C(=O)c2cc3cc(OC4CCN(C(C)C)CC4)ccc3[nH]2)CC1. The quantitative estimate of drug-likeness (QED) is 0.148. The molecular formula is C44H62N6O5. The Morgan fingerprint density at radius 2 is 1.13 bits per heavy atom. The van der Waals surface area contributed by atoms with Crippen molar-refractivity contribution in [2.75, 3.05) is 52.9 Å². The highest BCUT2D eigenvalue weighted by Gasteiger charge is 2.26. The van der Waals surface area contributed by atoms with Gasteiger partial charge in [0.2, 0.25) is 0 Å². The molecule has 0 bridgehead atoms. The number of piperidine rings is 3. The maximum atomic E-state index is 12.9. The van der Waals surface area contributed by atoms with Crippen molar-refractivity contribution in [2.45, 2.75) is 109 Å². The Balaban J connectivity index is 0.000000170. The standard InChI is InChI=1S/C23H33N3O3.C21H29N3O2/c1-16(2)25-10-8-19(9-11-25)29-20-4-5-21-17(14-20)15-22(24-21)23(27)26-12-6-18(28-3)7-13-26;1-14(2)24-9-7-17(8-10-24)26-18-5-6-19-16(11-18)12-20(23-19)21(25)22-13-15-3-4-15/h4-5,14-16,18-19,24H,6-13H2,1-3H3;5-6,11-12,14-15,17,23H,3-4,7-10,13H2,1-2H3,(H,22,25). The summed E-state index contributed by atoms with van der Waals surface area (Å²) in [4.78, 5) is 38.5. The lowest BCUT2D eigenvalue weighted by Crippen LogP contribution is -2.41. The number of fused-ring (bicyclic) bond motifs is 2. The zero-order chi connectivity index (χ0) is 38.5. The Kier molecular flexibility index (Phi) is 12.7.